The molecule has 1 aliphatic rings. The molecule has 2 rings (SSSR count). The molecule has 16 heavy (non-hydrogen) atoms. The maximum absolute atomic E-state index is 11.6. The summed E-state index contributed by atoms with van der Waals surface area (Å²) in [6, 6.07) is -0.0631. The summed E-state index contributed by atoms with van der Waals surface area (Å²) in [4.78, 5) is 24.9. The van der Waals surface area contributed by atoms with Crippen molar-refractivity contribution < 1.29 is 5.11 Å². The molecule has 2 N–H and O–H groups in total. The van der Waals surface area contributed by atoms with Gasteiger partial charge in [-0.2, -0.15) is 0 Å². The standard InChI is InChI=1S/C10H13ClN2O3/c11-7-4-13(10(16)12-9(7)15)8-3-1-2-6(8)5-14/h4,6,8,14H,1-3,5H2,(H,12,15,16)/t6-,8-/m1/s1. The quantitative estimate of drug-likeness (QED) is 0.797. The average molecular weight is 245 g/mol. The molecule has 0 unspecified atom stereocenters. The first-order valence-corrected chi connectivity index (χ1v) is 5.63. The molecule has 0 aliphatic heterocycles. The van der Waals surface area contributed by atoms with Crippen molar-refractivity contribution in [3.63, 3.8) is 0 Å². The van der Waals surface area contributed by atoms with E-state index in [1.807, 2.05) is 0 Å². The molecule has 5 nitrogen and oxygen atoms in total. The van der Waals surface area contributed by atoms with Gasteiger partial charge in [0.05, 0.1) is 0 Å². The van der Waals surface area contributed by atoms with Crippen LogP contribution >= 0.6 is 11.6 Å². The number of nitrogens with zero attached hydrogens (tertiary/aromatic N) is 1. The van der Waals surface area contributed by atoms with Crippen LogP contribution < -0.4 is 11.2 Å². The van der Waals surface area contributed by atoms with Crippen LogP contribution in [0.15, 0.2) is 15.8 Å². The number of halogens is 1. The third kappa shape index (κ3) is 1.92. The molecule has 1 saturated carbocycles. The molecule has 0 radical (unpaired) electrons. The Hall–Kier alpha value is -1.07. The van der Waals surface area contributed by atoms with E-state index in [0.29, 0.717) is 0 Å². The number of aromatic nitrogens is 2. The first-order valence-electron chi connectivity index (χ1n) is 5.25. The monoisotopic (exact) mass is 244 g/mol. The van der Waals surface area contributed by atoms with Gasteiger partial charge in [0.1, 0.15) is 5.02 Å². The van der Waals surface area contributed by atoms with Crippen molar-refractivity contribution in [2.45, 2.75) is 25.3 Å². The molecule has 1 heterocycles. The second-order valence-electron chi connectivity index (χ2n) is 4.08. The van der Waals surface area contributed by atoms with E-state index in [1.54, 1.807) is 0 Å². The maximum atomic E-state index is 11.6. The predicted molar refractivity (Wildman–Crippen MR) is 59.8 cm³/mol. The second-order valence-corrected chi connectivity index (χ2v) is 4.49. The number of rotatable bonds is 2. The van der Waals surface area contributed by atoms with Crippen LogP contribution in [0.3, 0.4) is 0 Å². The lowest BCUT2D eigenvalue weighted by Gasteiger charge is -2.19. The van der Waals surface area contributed by atoms with Crippen molar-refractivity contribution in [3.8, 4) is 0 Å². The normalized spacial score (nSPS) is 24.9. The van der Waals surface area contributed by atoms with E-state index in [4.69, 9.17) is 11.6 Å². The highest BCUT2D eigenvalue weighted by Crippen LogP contribution is 2.34. The number of nitrogens with one attached hydrogen (secondary N) is 1. The zero-order valence-corrected chi connectivity index (χ0v) is 9.41. The average Bonchev–Trinajstić information content (AvgIpc) is 2.71. The molecule has 0 aromatic carbocycles. The zero-order valence-electron chi connectivity index (χ0n) is 8.65. The van der Waals surface area contributed by atoms with Gasteiger partial charge in [-0.3, -0.25) is 14.3 Å². The van der Waals surface area contributed by atoms with Crippen molar-refractivity contribution >= 4 is 11.6 Å². The van der Waals surface area contributed by atoms with Crippen LogP contribution in [-0.2, 0) is 0 Å². The minimum absolute atomic E-state index is 0.00295. The Labute approximate surface area is 96.7 Å². The van der Waals surface area contributed by atoms with Gasteiger partial charge in [0.15, 0.2) is 0 Å². The van der Waals surface area contributed by atoms with Gasteiger partial charge in [-0.25, -0.2) is 4.79 Å². The summed E-state index contributed by atoms with van der Waals surface area (Å²) in [5, 5.41) is 9.20. The number of aromatic amines is 1. The van der Waals surface area contributed by atoms with Crippen LogP contribution in [0.4, 0.5) is 0 Å². The van der Waals surface area contributed by atoms with Crippen molar-refractivity contribution in [1.82, 2.24) is 9.55 Å². The Kier molecular flexibility index (Phi) is 3.16. The van der Waals surface area contributed by atoms with Gasteiger partial charge in [-0.15, -0.1) is 0 Å². The highest BCUT2D eigenvalue weighted by atomic mass is 35.5. The minimum Gasteiger partial charge on any atom is -0.396 e. The summed E-state index contributed by atoms with van der Waals surface area (Å²) in [7, 11) is 0. The molecule has 0 saturated heterocycles. The first kappa shape index (κ1) is 11.4. The number of H-pyrrole nitrogens is 1. The fourth-order valence-electron chi connectivity index (χ4n) is 2.30. The Morgan fingerprint density at radius 2 is 2.25 bits per heavy atom. The third-order valence-corrected chi connectivity index (χ3v) is 3.40. The van der Waals surface area contributed by atoms with Gasteiger partial charge >= 0.3 is 5.69 Å². The van der Waals surface area contributed by atoms with Crippen LogP contribution in [0.5, 0.6) is 0 Å². The molecule has 1 aliphatic carbocycles. The molecule has 1 aromatic rings. The van der Waals surface area contributed by atoms with Crippen LogP contribution in [0, 0.1) is 5.92 Å². The number of aliphatic hydroxyl groups is 1. The molecule has 2 atom stereocenters. The molecule has 0 bridgehead atoms. The molecule has 6 heteroatoms. The summed E-state index contributed by atoms with van der Waals surface area (Å²) in [5.41, 5.74) is -1.03. The lowest BCUT2D eigenvalue weighted by molar-refractivity contribution is 0.193. The van der Waals surface area contributed by atoms with Gasteiger partial charge in [0.2, 0.25) is 0 Å². The maximum Gasteiger partial charge on any atom is 0.328 e. The predicted octanol–water partition coefficient (Wildman–Crippen LogP) is 0.523. The molecular formula is C10H13ClN2O3. The van der Waals surface area contributed by atoms with Crippen LogP contribution in [0.2, 0.25) is 5.02 Å². The van der Waals surface area contributed by atoms with E-state index in [0.717, 1.165) is 19.3 Å². The lowest BCUT2D eigenvalue weighted by atomic mass is 10.1. The Balaban J connectivity index is 2.44. The van der Waals surface area contributed by atoms with Gasteiger partial charge in [0, 0.05) is 24.8 Å². The zero-order chi connectivity index (χ0) is 11.7. The first-order chi connectivity index (χ1) is 7.63. The SMILES string of the molecule is O=c1[nH]c(=O)n([C@@H]2CCC[C@@H]2CO)cc1Cl. The summed E-state index contributed by atoms with van der Waals surface area (Å²) in [6.07, 6.45) is 4.05. The highest BCUT2D eigenvalue weighted by molar-refractivity contribution is 6.30. The smallest absolute Gasteiger partial charge is 0.328 e. The Bertz CT molecular complexity index is 494. The topological polar surface area (TPSA) is 75.1 Å². The second kappa shape index (κ2) is 4.43. The highest BCUT2D eigenvalue weighted by Gasteiger charge is 2.29. The van der Waals surface area contributed by atoms with Gasteiger partial charge in [-0.05, 0) is 12.8 Å². The summed E-state index contributed by atoms with van der Waals surface area (Å²) >= 11 is 5.69. The van der Waals surface area contributed by atoms with E-state index in [1.165, 1.54) is 10.8 Å². The van der Waals surface area contributed by atoms with E-state index >= 15 is 0 Å². The molecule has 0 amide bonds. The molecule has 0 spiro atoms. The van der Waals surface area contributed by atoms with Crippen molar-refractivity contribution in [2.24, 2.45) is 5.92 Å². The van der Waals surface area contributed by atoms with Crippen molar-refractivity contribution in [2.75, 3.05) is 6.61 Å². The summed E-state index contributed by atoms with van der Waals surface area (Å²) < 4.78 is 1.43. The van der Waals surface area contributed by atoms with Gasteiger partial charge < -0.3 is 5.11 Å². The fourth-order valence-corrected chi connectivity index (χ4v) is 2.46. The summed E-state index contributed by atoms with van der Waals surface area (Å²) in [5.74, 6) is 0.0691. The van der Waals surface area contributed by atoms with Crippen LogP contribution in [0.1, 0.15) is 25.3 Å². The van der Waals surface area contributed by atoms with Crippen LogP contribution in [0.25, 0.3) is 0 Å². The van der Waals surface area contributed by atoms with E-state index < -0.39 is 11.2 Å². The number of hydrogen-bond donors (Lipinski definition) is 2. The largest absolute Gasteiger partial charge is 0.396 e. The molecule has 88 valence electrons. The van der Waals surface area contributed by atoms with E-state index in [-0.39, 0.29) is 23.6 Å². The Morgan fingerprint density at radius 3 is 2.94 bits per heavy atom. The van der Waals surface area contributed by atoms with Crippen molar-refractivity contribution in [3.05, 3.63) is 32.1 Å². The molecule has 1 aromatic heterocycles. The minimum atomic E-state index is -0.568. The fraction of sp³-hybridized carbons (Fsp3) is 0.600. The van der Waals surface area contributed by atoms with Crippen molar-refractivity contribution in [1.29, 1.82) is 0 Å². The number of hydrogen-bond acceptors (Lipinski definition) is 3. The van der Waals surface area contributed by atoms with Gasteiger partial charge in [-0.1, -0.05) is 18.0 Å². The van der Waals surface area contributed by atoms with E-state index in [2.05, 4.69) is 4.98 Å². The molecule has 1 fully saturated rings. The number of aliphatic hydroxyl groups excluding tert-OH is 1. The summed E-state index contributed by atoms with van der Waals surface area (Å²) in [6.45, 7) is 0.0495. The van der Waals surface area contributed by atoms with Gasteiger partial charge in [0.25, 0.3) is 5.56 Å². The molecular weight excluding hydrogens is 232 g/mol. The van der Waals surface area contributed by atoms with Crippen LogP contribution in [-0.4, -0.2) is 21.3 Å². The van der Waals surface area contributed by atoms with E-state index in [9.17, 15) is 14.7 Å². The third-order valence-electron chi connectivity index (χ3n) is 3.14. The Morgan fingerprint density at radius 1 is 1.50 bits per heavy atom. The lowest BCUT2D eigenvalue weighted by Crippen LogP contribution is -2.34.